The second kappa shape index (κ2) is 6.57. The number of fused-ring (bicyclic) bond motifs is 2. The molecule has 4 rings (SSSR count). The molecule has 1 aromatic heterocycles. The Hall–Kier alpha value is -0.970. The Morgan fingerprint density at radius 3 is 2.54 bits per heavy atom. The van der Waals surface area contributed by atoms with Crippen molar-refractivity contribution in [3.8, 4) is 0 Å². The Bertz CT molecular complexity index is 692. The lowest BCUT2D eigenvalue weighted by Crippen LogP contribution is -2.46. The van der Waals surface area contributed by atoms with Gasteiger partial charge in [-0.1, -0.05) is 45.2 Å². The zero-order valence-corrected chi connectivity index (χ0v) is 17.4. The van der Waals surface area contributed by atoms with Crippen LogP contribution >= 0.6 is 11.8 Å². The molecule has 2 bridgehead atoms. The molecule has 4 nitrogen and oxygen atoms in total. The van der Waals surface area contributed by atoms with Crippen LogP contribution in [0.3, 0.4) is 0 Å². The minimum atomic E-state index is -0.0708. The van der Waals surface area contributed by atoms with Gasteiger partial charge in [0.25, 0.3) is 5.91 Å². The lowest BCUT2D eigenvalue weighted by molar-refractivity contribution is 0.0789. The number of nitrogens with zero attached hydrogens (tertiary/aromatic N) is 1. The maximum atomic E-state index is 13.0. The second-order valence-corrected chi connectivity index (χ2v) is 10.8. The molecule has 1 N–H and O–H groups in total. The van der Waals surface area contributed by atoms with Crippen molar-refractivity contribution in [1.82, 2.24) is 10.5 Å². The molecule has 0 unspecified atom stereocenters. The predicted molar refractivity (Wildman–Crippen MR) is 104 cm³/mol. The summed E-state index contributed by atoms with van der Waals surface area (Å²) in [5.41, 5.74) is 1.33. The topological polar surface area (TPSA) is 55.1 Å². The number of aromatic nitrogens is 1. The molecule has 0 spiro atoms. The SMILES string of the molecule is Cc1noc(C(=O)N[C@H]2C[C@@H]3CC[C@@]2(C)C3(C)C)c1SC1CCCCC1. The van der Waals surface area contributed by atoms with Gasteiger partial charge in [0.2, 0.25) is 5.76 Å². The summed E-state index contributed by atoms with van der Waals surface area (Å²) in [4.78, 5) is 14.0. The molecule has 26 heavy (non-hydrogen) atoms. The highest BCUT2D eigenvalue weighted by Crippen LogP contribution is 2.65. The summed E-state index contributed by atoms with van der Waals surface area (Å²) in [5.74, 6) is 1.08. The zero-order valence-electron chi connectivity index (χ0n) is 16.6. The zero-order chi connectivity index (χ0) is 18.5. The minimum absolute atomic E-state index is 0.0708. The van der Waals surface area contributed by atoms with E-state index in [0.29, 0.717) is 22.3 Å². The van der Waals surface area contributed by atoms with E-state index in [-0.39, 0.29) is 17.4 Å². The molecule has 1 aromatic rings. The average Bonchev–Trinajstić information content (AvgIpc) is 3.14. The van der Waals surface area contributed by atoms with Crippen molar-refractivity contribution >= 4 is 17.7 Å². The fourth-order valence-electron chi connectivity index (χ4n) is 5.64. The first-order valence-electron chi connectivity index (χ1n) is 10.3. The van der Waals surface area contributed by atoms with Crippen LogP contribution in [0.4, 0.5) is 0 Å². The number of nitrogens with one attached hydrogen (secondary N) is 1. The molecule has 3 aliphatic carbocycles. The highest BCUT2D eigenvalue weighted by Gasteiger charge is 2.61. The van der Waals surface area contributed by atoms with Gasteiger partial charge in [-0.2, -0.15) is 0 Å². The van der Waals surface area contributed by atoms with E-state index >= 15 is 0 Å². The molecule has 0 aromatic carbocycles. The Labute approximate surface area is 161 Å². The van der Waals surface area contributed by atoms with Crippen molar-refractivity contribution in [2.24, 2.45) is 16.7 Å². The summed E-state index contributed by atoms with van der Waals surface area (Å²) in [7, 11) is 0. The van der Waals surface area contributed by atoms with Crippen molar-refractivity contribution < 1.29 is 9.32 Å². The number of hydrogen-bond donors (Lipinski definition) is 1. The second-order valence-electron chi connectivity index (χ2n) is 9.44. The van der Waals surface area contributed by atoms with Crippen molar-refractivity contribution in [3.63, 3.8) is 0 Å². The Kier molecular flexibility index (Phi) is 4.65. The van der Waals surface area contributed by atoms with Gasteiger partial charge in [-0.25, -0.2) is 0 Å². The Morgan fingerprint density at radius 2 is 1.92 bits per heavy atom. The molecule has 5 heteroatoms. The molecule has 3 saturated carbocycles. The van der Waals surface area contributed by atoms with E-state index in [1.807, 2.05) is 18.7 Å². The van der Waals surface area contributed by atoms with Gasteiger partial charge in [-0.3, -0.25) is 4.79 Å². The van der Waals surface area contributed by atoms with Crippen LogP contribution in [0.15, 0.2) is 9.42 Å². The molecule has 3 atom stereocenters. The molecular weight excluding hydrogens is 344 g/mol. The smallest absolute Gasteiger partial charge is 0.291 e. The number of thioether (sulfide) groups is 1. The van der Waals surface area contributed by atoms with E-state index in [4.69, 9.17) is 4.52 Å². The van der Waals surface area contributed by atoms with Gasteiger partial charge in [0, 0.05) is 11.3 Å². The number of carbonyl (C=O) groups is 1. The first-order chi connectivity index (χ1) is 12.3. The summed E-state index contributed by atoms with van der Waals surface area (Å²) >= 11 is 1.81. The largest absolute Gasteiger partial charge is 0.350 e. The fraction of sp³-hybridized carbons (Fsp3) is 0.810. The first-order valence-corrected chi connectivity index (χ1v) is 11.1. The van der Waals surface area contributed by atoms with Gasteiger partial charge in [0.05, 0.1) is 10.6 Å². The number of carbonyl (C=O) groups excluding carboxylic acids is 1. The lowest BCUT2D eigenvalue weighted by Gasteiger charge is -2.39. The van der Waals surface area contributed by atoms with Gasteiger partial charge in [0.15, 0.2) is 0 Å². The normalized spacial score (nSPS) is 33.5. The van der Waals surface area contributed by atoms with E-state index in [1.165, 1.54) is 44.9 Å². The quantitative estimate of drug-likeness (QED) is 0.769. The maximum Gasteiger partial charge on any atom is 0.291 e. The van der Waals surface area contributed by atoms with E-state index in [2.05, 4.69) is 31.2 Å². The van der Waals surface area contributed by atoms with Gasteiger partial charge in [0.1, 0.15) is 0 Å². The molecule has 1 amide bonds. The van der Waals surface area contributed by atoms with Crippen LogP contribution in [0, 0.1) is 23.7 Å². The molecule has 1 heterocycles. The summed E-state index contributed by atoms with van der Waals surface area (Å²) in [6, 6.07) is 0.238. The van der Waals surface area contributed by atoms with E-state index in [0.717, 1.165) is 17.0 Å². The van der Waals surface area contributed by atoms with Crippen LogP contribution in [0.2, 0.25) is 0 Å². The lowest BCUT2D eigenvalue weighted by atomic mass is 9.69. The number of aryl methyl sites for hydroxylation is 1. The summed E-state index contributed by atoms with van der Waals surface area (Å²) < 4.78 is 5.49. The van der Waals surface area contributed by atoms with Crippen molar-refractivity contribution in [2.75, 3.05) is 0 Å². The summed E-state index contributed by atoms with van der Waals surface area (Å²) in [6.07, 6.45) is 9.97. The van der Waals surface area contributed by atoms with Gasteiger partial charge >= 0.3 is 0 Å². The highest BCUT2D eigenvalue weighted by molar-refractivity contribution is 8.00. The highest BCUT2D eigenvalue weighted by atomic mass is 32.2. The van der Waals surface area contributed by atoms with Crippen molar-refractivity contribution in [1.29, 1.82) is 0 Å². The summed E-state index contributed by atoms with van der Waals surface area (Å²) in [6.45, 7) is 9.06. The minimum Gasteiger partial charge on any atom is -0.350 e. The van der Waals surface area contributed by atoms with Crippen LogP contribution in [-0.4, -0.2) is 22.4 Å². The number of amides is 1. The van der Waals surface area contributed by atoms with E-state index in [9.17, 15) is 4.79 Å². The van der Waals surface area contributed by atoms with E-state index in [1.54, 1.807) is 0 Å². The maximum absolute atomic E-state index is 13.0. The molecule has 0 aliphatic heterocycles. The van der Waals surface area contributed by atoms with Gasteiger partial charge < -0.3 is 9.84 Å². The van der Waals surface area contributed by atoms with Crippen LogP contribution in [-0.2, 0) is 0 Å². The third-order valence-corrected chi connectivity index (χ3v) is 9.47. The predicted octanol–water partition coefficient (Wildman–Crippen LogP) is 5.35. The molecule has 144 valence electrons. The third-order valence-electron chi connectivity index (χ3n) is 7.95. The third kappa shape index (κ3) is 2.81. The van der Waals surface area contributed by atoms with Crippen molar-refractivity contribution in [3.05, 3.63) is 11.5 Å². The number of hydrogen-bond acceptors (Lipinski definition) is 4. The summed E-state index contributed by atoms with van der Waals surface area (Å²) in [5, 5.41) is 8.03. The molecule has 3 fully saturated rings. The first kappa shape index (κ1) is 18.4. The van der Waals surface area contributed by atoms with Gasteiger partial charge in [-0.15, -0.1) is 11.8 Å². The van der Waals surface area contributed by atoms with Crippen LogP contribution < -0.4 is 5.32 Å². The fourth-order valence-corrected chi connectivity index (χ4v) is 6.99. The van der Waals surface area contributed by atoms with Crippen LogP contribution in [0.1, 0.15) is 88.4 Å². The molecule has 0 radical (unpaired) electrons. The Balaban J connectivity index is 1.49. The van der Waals surface area contributed by atoms with E-state index < -0.39 is 0 Å². The van der Waals surface area contributed by atoms with Crippen LogP contribution in [0.25, 0.3) is 0 Å². The number of rotatable bonds is 4. The monoisotopic (exact) mass is 376 g/mol. The molecular formula is C21H32N2O2S. The van der Waals surface area contributed by atoms with Crippen LogP contribution in [0.5, 0.6) is 0 Å². The standard InChI is InChI=1S/C21H32N2O2S/c1-13-18(26-15-8-6-5-7-9-15)17(25-23-13)19(24)22-16-12-14-10-11-21(16,4)20(14,2)3/h14-16H,5-12H2,1-4H3,(H,22,24)/t14-,16-,21+/m0/s1. The van der Waals surface area contributed by atoms with Crippen molar-refractivity contribution in [2.45, 2.75) is 95.2 Å². The Morgan fingerprint density at radius 1 is 1.19 bits per heavy atom. The molecule has 0 saturated heterocycles. The average molecular weight is 377 g/mol. The molecule has 3 aliphatic rings. The van der Waals surface area contributed by atoms with Gasteiger partial charge in [-0.05, 0) is 55.8 Å².